The Labute approximate surface area is 164 Å². The minimum atomic E-state index is -4.54. The van der Waals surface area contributed by atoms with Crippen molar-refractivity contribution in [2.45, 2.75) is 51.0 Å². The van der Waals surface area contributed by atoms with Gasteiger partial charge in [0, 0.05) is 6.07 Å². The Morgan fingerprint density at radius 2 is 1.61 bits per heavy atom. The molecule has 0 spiro atoms. The Morgan fingerprint density at radius 1 is 1.11 bits per heavy atom. The molecule has 1 aromatic carbocycles. The van der Waals surface area contributed by atoms with Gasteiger partial charge in [-0.05, 0) is 25.0 Å². The average molecular weight is 426 g/mol. The molecule has 0 aromatic heterocycles. The van der Waals surface area contributed by atoms with Crippen LogP contribution >= 0.6 is 0 Å². The summed E-state index contributed by atoms with van der Waals surface area (Å²) in [6.45, 7) is 3.41. The van der Waals surface area contributed by atoms with Gasteiger partial charge >= 0.3 is 11.2 Å². The van der Waals surface area contributed by atoms with Crippen LogP contribution in [0.1, 0.15) is 49.9 Å². The summed E-state index contributed by atoms with van der Waals surface area (Å²) in [5, 5.41) is -4.54. The predicted molar refractivity (Wildman–Crippen MR) is 98.1 cm³/mol. The fourth-order valence-corrected chi connectivity index (χ4v) is 2.25. The van der Waals surface area contributed by atoms with Crippen molar-refractivity contribution < 1.29 is 40.9 Å². The Bertz CT molecular complexity index is 628. The molecule has 0 fully saturated rings. The van der Waals surface area contributed by atoms with E-state index in [1.807, 2.05) is 13.8 Å². The van der Waals surface area contributed by atoms with Crippen LogP contribution in [0.25, 0.3) is 0 Å². The number of esters is 1. The van der Waals surface area contributed by atoms with Crippen LogP contribution < -0.4 is 9.47 Å². The first-order valence-electron chi connectivity index (χ1n) is 8.93. The number of carbonyl (C=O) groups excluding carboxylic acids is 1. The molecule has 0 aliphatic heterocycles. The van der Waals surface area contributed by atoms with Crippen molar-refractivity contribution in [2.75, 3.05) is 19.8 Å². The monoisotopic (exact) mass is 426 g/mol. The van der Waals surface area contributed by atoms with E-state index >= 15 is 0 Å². The second-order valence-electron chi connectivity index (χ2n) is 5.97. The molecular weight excluding hydrogens is 401 g/mol. The topological polar surface area (TPSA) is 82.1 Å². The number of ether oxygens (including phenoxy) is 3. The number of benzene rings is 1. The Kier molecular flexibility index (Phi) is 10.3. The fourth-order valence-electron chi connectivity index (χ4n) is 1.96. The summed E-state index contributed by atoms with van der Waals surface area (Å²) in [7, 11) is 0. The minimum absolute atomic E-state index is 0.0684. The molecule has 0 radical (unpaired) electrons. The van der Waals surface area contributed by atoms with Crippen molar-refractivity contribution >= 4 is 17.0 Å². The quantitative estimate of drug-likeness (QED) is 0.287. The van der Waals surface area contributed by atoms with Crippen molar-refractivity contribution in [1.82, 2.24) is 0 Å². The predicted octanol–water partition coefficient (Wildman–Crippen LogP) is 4.35. The van der Waals surface area contributed by atoms with Crippen molar-refractivity contribution in [2.24, 2.45) is 0 Å². The molecular formula is C18H25F3O6S. The van der Waals surface area contributed by atoms with E-state index in [4.69, 9.17) is 14.0 Å². The van der Waals surface area contributed by atoms with E-state index in [0.717, 1.165) is 25.7 Å². The zero-order chi connectivity index (χ0) is 21.2. The first-order chi connectivity index (χ1) is 13.2. The SMILES string of the molecule is CCCCOc1cc(OCCCC)cc(C(=O)OCC(F)C(F)(F)S(=O)O)c1. The van der Waals surface area contributed by atoms with Crippen LogP contribution in [-0.2, 0) is 15.8 Å². The molecule has 0 aliphatic carbocycles. The summed E-state index contributed by atoms with van der Waals surface area (Å²) >= 11 is -3.72. The lowest BCUT2D eigenvalue weighted by atomic mass is 10.2. The maximum Gasteiger partial charge on any atom is 0.378 e. The van der Waals surface area contributed by atoms with Gasteiger partial charge in [-0.1, -0.05) is 26.7 Å². The molecule has 2 unspecified atom stereocenters. The van der Waals surface area contributed by atoms with Crippen LogP contribution in [-0.4, -0.2) is 46.0 Å². The molecule has 1 rings (SSSR count). The van der Waals surface area contributed by atoms with Gasteiger partial charge < -0.3 is 18.8 Å². The van der Waals surface area contributed by atoms with Crippen molar-refractivity contribution in [3.8, 4) is 11.5 Å². The number of unbranched alkanes of at least 4 members (excludes halogenated alkanes) is 2. The van der Waals surface area contributed by atoms with Crippen LogP contribution in [0.3, 0.4) is 0 Å². The maximum absolute atomic E-state index is 13.4. The third-order valence-corrected chi connectivity index (χ3v) is 4.33. The molecule has 0 saturated carbocycles. The van der Waals surface area contributed by atoms with E-state index in [1.54, 1.807) is 6.07 Å². The molecule has 0 bridgehead atoms. The first-order valence-corrected chi connectivity index (χ1v) is 10.0. The molecule has 0 aliphatic rings. The Balaban J connectivity index is 2.86. The van der Waals surface area contributed by atoms with Gasteiger partial charge in [-0.15, -0.1) is 0 Å². The number of rotatable bonds is 13. The van der Waals surface area contributed by atoms with E-state index in [0.29, 0.717) is 24.7 Å². The Hall–Kier alpha value is -1.81. The number of halogens is 3. The highest BCUT2D eigenvalue weighted by atomic mass is 32.2. The number of hydrogen-bond donors (Lipinski definition) is 1. The molecule has 28 heavy (non-hydrogen) atoms. The third kappa shape index (κ3) is 7.67. The van der Waals surface area contributed by atoms with Crippen LogP contribution in [0, 0.1) is 0 Å². The van der Waals surface area contributed by atoms with Gasteiger partial charge in [-0.25, -0.2) is 13.4 Å². The lowest BCUT2D eigenvalue weighted by molar-refractivity contribution is -0.0315. The summed E-state index contributed by atoms with van der Waals surface area (Å²) in [5.41, 5.74) is -0.0684. The fraction of sp³-hybridized carbons (Fsp3) is 0.611. The van der Waals surface area contributed by atoms with Gasteiger partial charge in [-0.3, -0.25) is 0 Å². The van der Waals surface area contributed by atoms with E-state index in [9.17, 15) is 22.2 Å². The van der Waals surface area contributed by atoms with E-state index in [2.05, 4.69) is 4.74 Å². The normalized spacial score (nSPS) is 13.6. The summed E-state index contributed by atoms with van der Waals surface area (Å²) in [6.07, 6.45) is 0.265. The molecule has 1 aromatic rings. The number of alkyl halides is 3. The zero-order valence-electron chi connectivity index (χ0n) is 15.8. The minimum Gasteiger partial charge on any atom is -0.493 e. The third-order valence-electron chi connectivity index (χ3n) is 3.61. The average Bonchev–Trinajstić information content (AvgIpc) is 2.65. The van der Waals surface area contributed by atoms with Gasteiger partial charge in [0.25, 0.3) is 0 Å². The summed E-state index contributed by atoms with van der Waals surface area (Å²) in [6, 6.07) is 4.25. The molecule has 1 N–H and O–H groups in total. The van der Waals surface area contributed by atoms with Gasteiger partial charge in [0.1, 0.15) is 18.1 Å². The highest BCUT2D eigenvalue weighted by Gasteiger charge is 2.47. The smallest absolute Gasteiger partial charge is 0.378 e. The summed E-state index contributed by atoms with van der Waals surface area (Å²) in [5.74, 6) is -0.426. The molecule has 10 heteroatoms. The number of carbonyl (C=O) groups is 1. The lowest BCUT2D eigenvalue weighted by Gasteiger charge is -2.17. The highest BCUT2D eigenvalue weighted by molar-refractivity contribution is 7.80. The lowest BCUT2D eigenvalue weighted by Crippen LogP contribution is -2.38. The first kappa shape index (κ1) is 24.2. The molecule has 0 amide bonds. The molecule has 160 valence electrons. The largest absolute Gasteiger partial charge is 0.493 e. The van der Waals surface area contributed by atoms with Crippen LogP contribution in [0.15, 0.2) is 18.2 Å². The summed E-state index contributed by atoms with van der Waals surface area (Å²) in [4.78, 5) is 12.1. The second-order valence-corrected chi connectivity index (χ2v) is 7.02. The highest BCUT2D eigenvalue weighted by Crippen LogP contribution is 2.27. The van der Waals surface area contributed by atoms with Crippen molar-refractivity contribution in [3.05, 3.63) is 23.8 Å². The molecule has 0 saturated heterocycles. The second kappa shape index (κ2) is 11.9. The molecule has 0 heterocycles. The van der Waals surface area contributed by atoms with Crippen LogP contribution in [0.4, 0.5) is 13.2 Å². The molecule has 2 atom stereocenters. The van der Waals surface area contributed by atoms with Crippen molar-refractivity contribution in [3.63, 3.8) is 0 Å². The van der Waals surface area contributed by atoms with Gasteiger partial charge in [0.05, 0.1) is 18.8 Å². The maximum atomic E-state index is 13.4. The van der Waals surface area contributed by atoms with Crippen molar-refractivity contribution in [1.29, 1.82) is 0 Å². The standard InChI is InChI=1S/C18H25F3O6S/c1-3-5-7-25-14-9-13(10-15(11-14)26-8-6-4-2)17(22)27-12-16(19)18(20,21)28(23)24/h9-11,16H,3-8,12H2,1-2H3,(H,23,24). The van der Waals surface area contributed by atoms with E-state index in [1.165, 1.54) is 12.1 Å². The Morgan fingerprint density at radius 3 is 2.04 bits per heavy atom. The number of hydrogen-bond acceptors (Lipinski definition) is 5. The van der Waals surface area contributed by atoms with Gasteiger partial charge in [0.2, 0.25) is 17.3 Å². The van der Waals surface area contributed by atoms with Crippen LogP contribution in [0.2, 0.25) is 0 Å². The van der Waals surface area contributed by atoms with Crippen LogP contribution in [0.5, 0.6) is 11.5 Å². The summed E-state index contributed by atoms with van der Waals surface area (Å²) < 4.78 is 74.2. The van der Waals surface area contributed by atoms with Gasteiger partial charge in [0.15, 0.2) is 0 Å². The van der Waals surface area contributed by atoms with E-state index < -0.39 is 35.1 Å². The van der Waals surface area contributed by atoms with Gasteiger partial charge in [-0.2, -0.15) is 8.78 Å². The van der Waals surface area contributed by atoms with E-state index in [-0.39, 0.29) is 5.56 Å². The zero-order valence-corrected chi connectivity index (χ0v) is 16.6. The molecule has 6 nitrogen and oxygen atoms in total.